The number of ether oxygens (including phenoxy) is 1. The van der Waals surface area contributed by atoms with E-state index >= 15 is 0 Å². The molecule has 0 saturated carbocycles. The minimum Gasteiger partial charge on any atom is -0.481 e. The van der Waals surface area contributed by atoms with Crippen LogP contribution >= 0.6 is 0 Å². The summed E-state index contributed by atoms with van der Waals surface area (Å²) >= 11 is 0. The van der Waals surface area contributed by atoms with Gasteiger partial charge in [0.1, 0.15) is 12.6 Å². The zero-order valence-corrected chi connectivity index (χ0v) is 23.3. The number of rotatable bonds is 11. The molecule has 1 aliphatic carbocycles. The minimum absolute atomic E-state index is 0.0968. The van der Waals surface area contributed by atoms with Gasteiger partial charge in [-0.25, -0.2) is 4.79 Å². The third-order valence-corrected chi connectivity index (χ3v) is 7.32. The van der Waals surface area contributed by atoms with Gasteiger partial charge in [-0.15, -0.1) is 0 Å². The lowest BCUT2D eigenvalue weighted by molar-refractivity contribution is -0.136. The summed E-state index contributed by atoms with van der Waals surface area (Å²) in [7, 11) is 1.88. The molecule has 42 heavy (non-hydrogen) atoms. The Morgan fingerprint density at radius 1 is 0.810 bits per heavy atom. The number of amides is 2. The number of hydrogen-bond acceptors (Lipinski definition) is 5. The summed E-state index contributed by atoms with van der Waals surface area (Å²) in [5.74, 6) is -1.43. The van der Waals surface area contributed by atoms with Gasteiger partial charge in [0, 0.05) is 24.7 Å². The van der Waals surface area contributed by atoms with Gasteiger partial charge < -0.3 is 20.5 Å². The molecule has 0 spiro atoms. The van der Waals surface area contributed by atoms with Crippen molar-refractivity contribution >= 4 is 23.7 Å². The molecule has 0 radical (unpaired) electrons. The van der Waals surface area contributed by atoms with Gasteiger partial charge in [0.05, 0.1) is 6.42 Å². The molecule has 1 unspecified atom stereocenters. The van der Waals surface area contributed by atoms with Crippen LogP contribution in [0.4, 0.5) is 10.5 Å². The smallest absolute Gasteiger partial charge is 0.407 e. The quantitative estimate of drug-likeness (QED) is 0.229. The maximum atomic E-state index is 13.4. The topological polar surface area (TPSA) is 108 Å². The van der Waals surface area contributed by atoms with Crippen LogP contribution in [0.25, 0.3) is 11.1 Å². The van der Waals surface area contributed by atoms with Crippen molar-refractivity contribution in [3.8, 4) is 11.1 Å². The van der Waals surface area contributed by atoms with Crippen molar-refractivity contribution in [1.82, 2.24) is 10.2 Å². The molecule has 0 fully saturated rings. The van der Waals surface area contributed by atoms with Crippen LogP contribution in [0.1, 0.15) is 28.2 Å². The normalized spacial score (nSPS) is 12.7. The molecule has 5 rings (SSSR count). The van der Waals surface area contributed by atoms with Crippen LogP contribution in [0.15, 0.2) is 103 Å². The number of carboxylic acids is 1. The molecule has 1 atom stereocenters. The first-order valence-electron chi connectivity index (χ1n) is 13.8. The number of fused-ring (bicyclic) bond motifs is 3. The van der Waals surface area contributed by atoms with Crippen LogP contribution in [0, 0.1) is 0 Å². The van der Waals surface area contributed by atoms with Crippen molar-refractivity contribution in [2.75, 3.05) is 25.5 Å². The van der Waals surface area contributed by atoms with Crippen LogP contribution in [0.5, 0.6) is 0 Å². The van der Waals surface area contributed by atoms with E-state index in [1.54, 1.807) is 24.3 Å². The van der Waals surface area contributed by atoms with Gasteiger partial charge in [-0.1, -0.05) is 91.0 Å². The molecule has 8 nitrogen and oxygen atoms in total. The number of likely N-dealkylation sites (N-methyl/N-ethyl adjacent to an activating group) is 1. The third kappa shape index (κ3) is 7.03. The summed E-state index contributed by atoms with van der Waals surface area (Å²) in [6.07, 6.45) is -0.785. The monoisotopic (exact) mass is 563 g/mol. The Hall–Kier alpha value is -4.95. The lowest BCUT2D eigenvalue weighted by Crippen LogP contribution is -2.50. The van der Waals surface area contributed by atoms with E-state index in [0.717, 1.165) is 27.8 Å². The number of hydrogen-bond donors (Lipinski definition) is 3. The fourth-order valence-electron chi connectivity index (χ4n) is 5.36. The van der Waals surface area contributed by atoms with Crippen molar-refractivity contribution in [3.05, 3.63) is 125 Å². The van der Waals surface area contributed by atoms with Crippen LogP contribution in [-0.2, 0) is 27.3 Å². The first-order chi connectivity index (χ1) is 20.4. The number of nitrogens with one attached hydrogen (secondary N) is 2. The highest BCUT2D eigenvalue weighted by Gasteiger charge is 2.30. The number of aliphatic carboxylic acids is 1. The van der Waals surface area contributed by atoms with Gasteiger partial charge in [0.15, 0.2) is 0 Å². The lowest BCUT2D eigenvalue weighted by Gasteiger charge is -2.25. The molecule has 3 N–H and O–H groups in total. The Labute approximate surface area is 244 Å². The fourth-order valence-corrected chi connectivity index (χ4v) is 5.36. The lowest BCUT2D eigenvalue weighted by atomic mass is 9.98. The summed E-state index contributed by atoms with van der Waals surface area (Å²) in [6, 6.07) is 31.8. The third-order valence-electron chi connectivity index (χ3n) is 7.32. The molecule has 1 aliphatic rings. The van der Waals surface area contributed by atoms with Crippen LogP contribution in [0.2, 0.25) is 0 Å². The van der Waals surface area contributed by atoms with Crippen LogP contribution in [0.3, 0.4) is 0 Å². The first-order valence-corrected chi connectivity index (χ1v) is 13.8. The number of benzene rings is 4. The van der Waals surface area contributed by atoms with E-state index in [2.05, 4.69) is 34.9 Å². The molecule has 0 saturated heterocycles. The number of carbonyl (C=O) groups excluding carboxylic acids is 2. The average molecular weight is 564 g/mol. The van der Waals surface area contributed by atoms with Gasteiger partial charge in [0.25, 0.3) is 0 Å². The molecule has 0 aromatic heterocycles. The Morgan fingerprint density at radius 2 is 1.40 bits per heavy atom. The Morgan fingerprint density at radius 3 is 2.02 bits per heavy atom. The molecule has 0 aliphatic heterocycles. The second-order valence-corrected chi connectivity index (χ2v) is 10.5. The van der Waals surface area contributed by atoms with Crippen molar-refractivity contribution < 1.29 is 24.2 Å². The van der Waals surface area contributed by atoms with Gasteiger partial charge in [-0.05, 0) is 52.6 Å². The highest BCUT2D eigenvalue weighted by molar-refractivity contribution is 5.96. The summed E-state index contributed by atoms with van der Waals surface area (Å²) in [4.78, 5) is 39.4. The summed E-state index contributed by atoms with van der Waals surface area (Å²) in [5, 5.41) is 14.6. The summed E-state index contributed by atoms with van der Waals surface area (Å²) < 4.78 is 5.72. The number of nitrogens with zero attached hydrogens (tertiary/aromatic N) is 1. The average Bonchev–Trinajstić information content (AvgIpc) is 3.30. The molecular formula is C34H33N3O5. The Bertz CT molecular complexity index is 1510. The molecular weight excluding hydrogens is 530 g/mol. The van der Waals surface area contributed by atoms with E-state index in [9.17, 15) is 14.4 Å². The summed E-state index contributed by atoms with van der Waals surface area (Å²) in [6.45, 7) is 0.960. The zero-order valence-electron chi connectivity index (χ0n) is 23.3. The van der Waals surface area contributed by atoms with E-state index < -0.39 is 24.0 Å². The largest absolute Gasteiger partial charge is 0.481 e. The predicted octanol–water partition coefficient (Wildman–Crippen LogP) is 5.29. The maximum absolute atomic E-state index is 13.4. The Balaban J connectivity index is 1.26. The maximum Gasteiger partial charge on any atom is 0.407 e. The Kier molecular flexibility index (Phi) is 8.94. The van der Waals surface area contributed by atoms with Crippen molar-refractivity contribution in [2.24, 2.45) is 0 Å². The van der Waals surface area contributed by atoms with Gasteiger partial charge >= 0.3 is 12.1 Å². The highest BCUT2D eigenvalue weighted by Crippen LogP contribution is 2.44. The highest BCUT2D eigenvalue weighted by atomic mass is 16.5. The number of alkyl carbamates (subject to hydrolysis) is 1. The number of carbonyl (C=O) groups is 3. The van der Waals surface area contributed by atoms with E-state index in [1.165, 1.54) is 0 Å². The molecule has 2 amide bonds. The van der Waals surface area contributed by atoms with Gasteiger partial charge in [-0.2, -0.15) is 0 Å². The molecule has 8 heteroatoms. The predicted molar refractivity (Wildman–Crippen MR) is 161 cm³/mol. The molecule has 4 aromatic carbocycles. The van der Waals surface area contributed by atoms with E-state index in [-0.39, 0.29) is 25.5 Å². The fraction of sp³-hybridized carbons (Fsp3) is 0.206. The first kappa shape index (κ1) is 28.6. The van der Waals surface area contributed by atoms with E-state index in [4.69, 9.17) is 9.84 Å². The number of carboxylic acid groups (broad SMARTS) is 1. The molecule has 0 bridgehead atoms. The second kappa shape index (κ2) is 13.1. The molecule has 0 heterocycles. The zero-order chi connectivity index (χ0) is 29.5. The van der Waals surface area contributed by atoms with Crippen molar-refractivity contribution in [1.29, 1.82) is 0 Å². The molecule has 214 valence electrons. The second-order valence-electron chi connectivity index (χ2n) is 10.5. The number of anilines is 1. The summed E-state index contributed by atoms with van der Waals surface area (Å²) in [5.41, 5.74) is 6.68. The van der Waals surface area contributed by atoms with Crippen molar-refractivity contribution in [3.63, 3.8) is 0 Å². The van der Waals surface area contributed by atoms with Gasteiger partial charge in [0.2, 0.25) is 5.91 Å². The van der Waals surface area contributed by atoms with Crippen LogP contribution in [-0.4, -0.2) is 54.2 Å². The standard InChI is InChI=1S/C34H33N3O5/c1-37(20-24-9-3-2-4-10-24)21-31(33(40)35-25-17-15-23(16-18-25)19-32(38)39)36-34(41)42-22-30-28-13-7-5-11-26(28)27-12-6-8-14-29(27)30/h2-18,30-31H,19-22H2,1H3,(H,35,40)(H,36,41)(H,38,39). The minimum atomic E-state index is -0.930. The SMILES string of the molecule is CN(Cc1ccccc1)CC(NC(=O)OCC1c2ccccc2-c2ccccc21)C(=O)Nc1ccc(CC(=O)O)cc1. The van der Waals surface area contributed by atoms with Crippen LogP contribution < -0.4 is 10.6 Å². The van der Waals surface area contributed by atoms with E-state index in [1.807, 2.05) is 66.5 Å². The molecule has 4 aromatic rings. The van der Waals surface area contributed by atoms with Crippen molar-refractivity contribution in [2.45, 2.75) is 24.9 Å². The van der Waals surface area contributed by atoms with E-state index in [0.29, 0.717) is 17.8 Å². The van der Waals surface area contributed by atoms with Gasteiger partial charge in [-0.3, -0.25) is 14.5 Å².